The van der Waals surface area contributed by atoms with Gasteiger partial charge >= 0.3 is 0 Å². The predicted octanol–water partition coefficient (Wildman–Crippen LogP) is 3.77. The molecule has 0 bridgehead atoms. The van der Waals surface area contributed by atoms with E-state index in [-0.39, 0.29) is 5.91 Å². The molecule has 3 aromatic rings. The van der Waals surface area contributed by atoms with Gasteiger partial charge in [-0.05, 0) is 24.8 Å². The van der Waals surface area contributed by atoms with E-state index < -0.39 is 0 Å². The monoisotopic (exact) mass is 429 g/mol. The lowest BCUT2D eigenvalue weighted by molar-refractivity contribution is -0.122. The minimum Gasteiger partial charge on any atom is -0.355 e. The van der Waals surface area contributed by atoms with Crippen molar-refractivity contribution in [3.05, 3.63) is 28.7 Å². The number of hydrogen-bond acceptors (Lipinski definition) is 7. The van der Waals surface area contributed by atoms with Crippen LogP contribution in [-0.2, 0) is 4.79 Å². The normalized spacial score (nSPS) is 15.2. The molecule has 0 saturated carbocycles. The maximum atomic E-state index is 12.1. The molecule has 4 rings (SSSR count). The number of nitrogens with one attached hydrogen (secondary N) is 1. The zero-order valence-corrected chi connectivity index (χ0v) is 18.6. The minimum absolute atomic E-state index is 0.130. The van der Waals surface area contributed by atoms with Crippen LogP contribution in [0.4, 0.5) is 5.82 Å². The topological polar surface area (TPSA) is 61.4 Å². The van der Waals surface area contributed by atoms with Crippen LogP contribution in [-0.4, -0.2) is 60.0 Å². The molecule has 1 aliphatic heterocycles. The number of amides is 1. The van der Waals surface area contributed by atoms with Crippen LogP contribution in [0.3, 0.4) is 0 Å². The number of nitrogens with zero attached hydrogens (tertiary/aromatic N) is 4. The van der Waals surface area contributed by atoms with E-state index in [0.717, 1.165) is 67.4 Å². The fourth-order valence-corrected chi connectivity index (χ4v) is 5.45. The van der Waals surface area contributed by atoms with Gasteiger partial charge in [0.05, 0.1) is 11.9 Å². The zero-order valence-electron chi connectivity index (χ0n) is 17.0. The average molecular weight is 430 g/mol. The van der Waals surface area contributed by atoms with E-state index in [0.29, 0.717) is 6.54 Å². The van der Waals surface area contributed by atoms with E-state index in [1.807, 2.05) is 6.92 Å². The van der Waals surface area contributed by atoms with Crippen LogP contribution in [0.25, 0.3) is 20.7 Å². The van der Waals surface area contributed by atoms with E-state index in [4.69, 9.17) is 4.98 Å². The van der Waals surface area contributed by atoms with E-state index in [2.05, 4.69) is 49.9 Å². The third kappa shape index (κ3) is 4.60. The van der Waals surface area contributed by atoms with Crippen LogP contribution in [0.15, 0.2) is 22.9 Å². The summed E-state index contributed by atoms with van der Waals surface area (Å²) in [4.78, 5) is 28.5. The molecule has 154 valence electrons. The van der Waals surface area contributed by atoms with Crippen LogP contribution < -0.4 is 10.2 Å². The summed E-state index contributed by atoms with van der Waals surface area (Å²) in [7, 11) is 0. The number of carbonyl (C=O) groups excluding carboxylic acids is 1. The number of unbranched alkanes of at least 4 members (excludes halogenated alkanes) is 1. The average Bonchev–Trinajstić information content (AvgIpc) is 3.37. The summed E-state index contributed by atoms with van der Waals surface area (Å²) >= 11 is 3.44. The van der Waals surface area contributed by atoms with Gasteiger partial charge in [-0.3, -0.25) is 9.69 Å². The number of aryl methyl sites for hydroxylation is 1. The predicted molar refractivity (Wildman–Crippen MR) is 122 cm³/mol. The van der Waals surface area contributed by atoms with Gasteiger partial charge in [-0.15, -0.1) is 22.7 Å². The van der Waals surface area contributed by atoms with Gasteiger partial charge in [-0.2, -0.15) is 0 Å². The molecule has 3 aromatic heterocycles. The highest BCUT2D eigenvalue weighted by molar-refractivity contribution is 7.18. The van der Waals surface area contributed by atoms with Gasteiger partial charge in [0.2, 0.25) is 5.91 Å². The smallest absolute Gasteiger partial charge is 0.234 e. The number of piperazine rings is 1. The van der Waals surface area contributed by atoms with Crippen LogP contribution in [0.2, 0.25) is 0 Å². The standard InChI is InChI=1S/C21H27N5OS2/c1-3-4-7-22-18(27)13-25-8-10-26(11-9-25)20-19-16(17-6-5-12-28-17)14-29-21(19)24-15(2)23-20/h5-6,12,14H,3-4,7-11,13H2,1-2H3,(H,22,27). The lowest BCUT2D eigenvalue weighted by Gasteiger charge is -2.35. The number of thiophene rings is 2. The molecule has 1 saturated heterocycles. The van der Waals surface area contributed by atoms with Crippen LogP contribution in [0.5, 0.6) is 0 Å². The van der Waals surface area contributed by atoms with Crippen molar-refractivity contribution < 1.29 is 4.79 Å². The molecular formula is C21H27N5OS2. The Morgan fingerprint density at radius 3 is 2.76 bits per heavy atom. The van der Waals surface area contributed by atoms with Gasteiger partial charge in [-0.1, -0.05) is 19.4 Å². The molecule has 6 nitrogen and oxygen atoms in total. The largest absolute Gasteiger partial charge is 0.355 e. The van der Waals surface area contributed by atoms with Crippen molar-refractivity contribution in [3.63, 3.8) is 0 Å². The number of rotatable bonds is 7. The molecule has 0 unspecified atom stereocenters. The molecule has 1 fully saturated rings. The van der Waals surface area contributed by atoms with Crippen molar-refractivity contribution >= 4 is 44.6 Å². The molecule has 0 atom stereocenters. The molecular weight excluding hydrogens is 402 g/mol. The van der Waals surface area contributed by atoms with Crippen LogP contribution >= 0.6 is 22.7 Å². The van der Waals surface area contributed by atoms with Crippen molar-refractivity contribution in [1.82, 2.24) is 20.2 Å². The molecule has 29 heavy (non-hydrogen) atoms. The van der Waals surface area contributed by atoms with Crippen molar-refractivity contribution in [2.45, 2.75) is 26.7 Å². The molecule has 0 radical (unpaired) electrons. The maximum Gasteiger partial charge on any atom is 0.234 e. The molecule has 1 aliphatic rings. The second-order valence-electron chi connectivity index (χ2n) is 7.37. The van der Waals surface area contributed by atoms with E-state index in [9.17, 15) is 4.79 Å². The highest BCUT2D eigenvalue weighted by Crippen LogP contribution is 2.40. The first-order chi connectivity index (χ1) is 14.2. The van der Waals surface area contributed by atoms with Gasteiger partial charge in [0.25, 0.3) is 0 Å². The van der Waals surface area contributed by atoms with Crippen molar-refractivity contribution in [2.75, 3.05) is 44.2 Å². The Kier molecular flexibility index (Phi) is 6.42. The third-order valence-corrected chi connectivity index (χ3v) is 6.98. The van der Waals surface area contributed by atoms with E-state index in [1.54, 1.807) is 22.7 Å². The first kappa shape index (κ1) is 20.3. The highest BCUT2D eigenvalue weighted by atomic mass is 32.1. The zero-order chi connectivity index (χ0) is 20.2. The van der Waals surface area contributed by atoms with E-state index in [1.165, 1.54) is 10.4 Å². The van der Waals surface area contributed by atoms with Crippen LogP contribution in [0.1, 0.15) is 25.6 Å². The third-order valence-electron chi connectivity index (χ3n) is 5.20. The van der Waals surface area contributed by atoms with Gasteiger partial charge < -0.3 is 10.2 Å². The maximum absolute atomic E-state index is 12.1. The quantitative estimate of drug-likeness (QED) is 0.580. The fourth-order valence-electron chi connectivity index (χ4n) is 3.65. The lowest BCUT2D eigenvalue weighted by Crippen LogP contribution is -2.49. The summed E-state index contributed by atoms with van der Waals surface area (Å²) in [6, 6.07) is 4.24. The lowest BCUT2D eigenvalue weighted by atomic mass is 10.1. The molecule has 4 heterocycles. The summed E-state index contributed by atoms with van der Waals surface area (Å²) < 4.78 is 0. The van der Waals surface area contributed by atoms with Gasteiger partial charge in [-0.25, -0.2) is 9.97 Å². The Morgan fingerprint density at radius 2 is 2.03 bits per heavy atom. The van der Waals surface area contributed by atoms with Gasteiger partial charge in [0.15, 0.2) is 0 Å². The van der Waals surface area contributed by atoms with Crippen molar-refractivity contribution in [3.8, 4) is 10.4 Å². The Hall–Kier alpha value is -2.03. The first-order valence-corrected chi connectivity index (χ1v) is 12.0. The molecule has 0 aliphatic carbocycles. The number of carbonyl (C=O) groups is 1. The summed E-state index contributed by atoms with van der Waals surface area (Å²) in [6.07, 6.45) is 2.14. The Labute approximate surface area is 179 Å². The molecule has 0 spiro atoms. The minimum atomic E-state index is 0.130. The van der Waals surface area contributed by atoms with Crippen molar-refractivity contribution in [2.24, 2.45) is 0 Å². The summed E-state index contributed by atoms with van der Waals surface area (Å²) in [5.74, 6) is 1.97. The Balaban J connectivity index is 1.48. The SMILES string of the molecule is CCCCNC(=O)CN1CCN(c2nc(C)nc3scc(-c4cccs4)c23)CC1. The summed E-state index contributed by atoms with van der Waals surface area (Å²) in [5.41, 5.74) is 1.23. The van der Waals surface area contributed by atoms with Gasteiger partial charge in [0.1, 0.15) is 16.5 Å². The first-order valence-electron chi connectivity index (χ1n) is 10.2. The van der Waals surface area contributed by atoms with E-state index >= 15 is 0 Å². The molecule has 8 heteroatoms. The number of fused-ring (bicyclic) bond motifs is 1. The molecule has 1 N–H and O–H groups in total. The summed E-state index contributed by atoms with van der Waals surface area (Å²) in [5, 5.41) is 8.48. The second-order valence-corrected chi connectivity index (χ2v) is 9.17. The number of hydrogen-bond donors (Lipinski definition) is 1. The molecule has 1 amide bonds. The fraction of sp³-hybridized carbons (Fsp3) is 0.476. The van der Waals surface area contributed by atoms with Gasteiger partial charge in [0, 0.05) is 48.5 Å². The molecule has 0 aromatic carbocycles. The highest BCUT2D eigenvalue weighted by Gasteiger charge is 2.24. The number of anilines is 1. The second kappa shape index (κ2) is 9.19. The Morgan fingerprint density at radius 1 is 1.21 bits per heavy atom. The summed E-state index contributed by atoms with van der Waals surface area (Å²) in [6.45, 7) is 8.82. The Bertz CT molecular complexity index is 961. The van der Waals surface area contributed by atoms with Crippen molar-refractivity contribution in [1.29, 1.82) is 0 Å². The van der Waals surface area contributed by atoms with Crippen LogP contribution in [0, 0.1) is 6.92 Å². The number of aromatic nitrogens is 2.